The summed E-state index contributed by atoms with van der Waals surface area (Å²) in [6.07, 6.45) is 1.66. The minimum Gasteiger partial charge on any atom is -0.438 e. The number of ether oxygens (including phenoxy) is 1. The van der Waals surface area contributed by atoms with Gasteiger partial charge in [0.1, 0.15) is 10.8 Å². The van der Waals surface area contributed by atoms with E-state index in [9.17, 15) is 0 Å². The van der Waals surface area contributed by atoms with Gasteiger partial charge in [0.25, 0.3) is 0 Å². The highest BCUT2D eigenvalue weighted by Gasteiger charge is 2.05. The molecule has 0 saturated heterocycles. The molecule has 0 atom stereocenters. The molecule has 82 valence electrons. The first-order valence-electron chi connectivity index (χ1n) is 4.87. The molecule has 0 radical (unpaired) electrons. The van der Waals surface area contributed by atoms with Crippen LogP contribution >= 0.6 is 11.6 Å². The van der Waals surface area contributed by atoms with Crippen molar-refractivity contribution in [2.45, 2.75) is 6.54 Å². The van der Waals surface area contributed by atoms with Gasteiger partial charge in [-0.3, -0.25) is 0 Å². The van der Waals surface area contributed by atoms with Crippen LogP contribution < -0.4 is 10.5 Å². The number of aromatic nitrogens is 1. The molecule has 0 unspecified atom stereocenters. The van der Waals surface area contributed by atoms with E-state index in [1.807, 2.05) is 30.3 Å². The Kier molecular flexibility index (Phi) is 3.39. The van der Waals surface area contributed by atoms with Crippen molar-refractivity contribution in [2.75, 3.05) is 0 Å². The van der Waals surface area contributed by atoms with Crippen molar-refractivity contribution < 1.29 is 4.74 Å². The first-order valence-corrected chi connectivity index (χ1v) is 5.25. The van der Waals surface area contributed by atoms with Crippen molar-refractivity contribution in [2.24, 2.45) is 5.73 Å². The average Bonchev–Trinajstić information content (AvgIpc) is 2.33. The highest BCUT2D eigenvalue weighted by molar-refractivity contribution is 6.31. The van der Waals surface area contributed by atoms with Crippen LogP contribution in [0.3, 0.4) is 0 Å². The van der Waals surface area contributed by atoms with Crippen LogP contribution in [0.15, 0.2) is 42.6 Å². The summed E-state index contributed by atoms with van der Waals surface area (Å²) in [5.41, 5.74) is 6.36. The molecule has 0 aliphatic heterocycles. The summed E-state index contributed by atoms with van der Waals surface area (Å²) < 4.78 is 5.52. The van der Waals surface area contributed by atoms with E-state index < -0.39 is 0 Å². The lowest BCUT2D eigenvalue weighted by Gasteiger charge is -2.06. The van der Waals surface area contributed by atoms with E-state index in [4.69, 9.17) is 22.1 Å². The van der Waals surface area contributed by atoms with Crippen molar-refractivity contribution in [1.82, 2.24) is 4.98 Å². The molecular formula is C12H11ClN2O. The molecule has 0 amide bonds. The van der Waals surface area contributed by atoms with Gasteiger partial charge in [0.2, 0.25) is 5.88 Å². The molecule has 0 bridgehead atoms. The van der Waals surface area contributed by atoms with Crippen LogP contribution in [0.25, 0.3) is 0 Å². The third-order valence-corrected chi connectivity index (χ3v) is 2.33. The molecule has 2 aromatic rings. The van der Waals surface area contributed by atoms with Crippen molar-refractivity contribution in [3.05, 3.63) is 53.2 Å². The second-order valence-electron chi connectivity index (χ2n) is 3.25. The Hall–Kier alpha value is -1.58. The molecule has 1 aromatic heterocycles. The quantitative estimate of drug-likeness (QED) is 0.888. The van der Waals surface area contributed by atoms with E-state index in [1.165, 1.54) is 0 Å². The number of hydrogen-bond donors (Lipinski definition) is 1. The molecule has 16 heavy (non-hydrogen) atoms. The summed E-state index contributed by atoms with van der Waals surface area (Å²) in [4.78, 5) is 4.11. The molecule has 0 saturated carbocycles. The lowest BCUT2D eigenvalue weighted by atomic mass is 10.3. The van der Waals surface area contributed by atoms with E-state index in [0.29, 0.717) is 23.2 Å². The van der Waals surface area contributed by atoms with Crippen molar-refractivity contribution in [3.8, 4) is 11.6 Å². The van der Waals surface area contributed by atoms with Crippen LogP contribution in [-0.4, -0.2) is 4.98 Å². The maximum absolute atomic E-state index is 6.02. The second kappa shape index (κ2) is 4.96. The van der Waals surface area contributed by atoms with Crippen LogP contribution in [0.5, 0.6) is 11.6 Å². The van der Waals surface area contributed by atoms with Crippen molar-refractivity contribution in [3.63, 3.8) is 0 Å². The zero-order valence-electron chi connectivity index (χ0n) is 8.56. The SMILES string of the molecule is NCc1cnc(Oc2ccccc2)c(Cl)c1. The molecular weight excluding hydrogens is 224 g/mol. The summed E-state index contributed by atoms with van der Waals surface area (Å²) in [6, 6.07) is 11.1. The molecule has 2 rings (SSSR count). The fourth-order valence-electron chi connectivity index (χ4n) is 1.25. The summed E-state index contributed by atoms with van der Waals surface area (Å²) in [7, 11) is 0. The van der Waals surface area contributed by atoms with Crippen molar-refractivity contribution >= 4 is 11.6 Å². The van der Waals surface area contributed by atoms with E-state index in [-0.39, 0.29) is 0 Å². The van der Waals surface area contributed by atoms with Crippen LogP contribution in [0.1, 0.15) is 5.56 Å². The molecule has 0 aliphatic rings. The summed E-state index contributed by atoms with van der Waals surface area (Å²) in [6.45, 7) is 0.415. The maximum atomic E-state index is 6.02. The van der Waals surface area contributed by atoms with E-state index in [1.54, 1.807) is 12.3 Å². The Labute approximate surface area is 98.8 Å². The molecule has 2 N–H and O–H groups in total. The fraction of sp³-hybridized carbons (Fsp3) is 0.0833. The first-order chi connectivity index (χ1) is 7.79. The van der Waals surface area contributed by atoms with Gasteiger partial charge >= 0.3 is 0 Å². The molecule has 1 aromatic carbocycles. The molecule has 1 heterocycles. The highest BCUT2D eigenvalue weighted by atomic mass is 35.5. The summed E-state index contributed by atoms with van der Waals surface area (Å²) >= 11 is 6.02. The van der Waals surface area contributed by atoms with Crippen molar-refractivity contribution in [1.29, 1.82) is 0 Å². The number of pyridine rings is 1. The smallest absolute Gasteiger partial charge is 0.238 e. The summed E-state index contributed by atoms with van der Waals surface area (Å²) in [5.74, 6) is 1.10. The number of rotatable bonds is 3. The molecule has 3 nitrogen and oxygen atoms in total. The molecule has 0 aliphatic carbocycles. The standard InChI is InChI=1S/C12H11ClN2O/c13-11-6-9(7-14)8-15-12(11)16-10-4-2-1-3-5-10/h1-6,8H,7,14H2. The molecule has 0 fully saturated rings. The predicted octanol–water partition coefficient (Wildman–Crippen LogP) is 2.99. The maximum Gasteiger partial charge on any atom is 0.238 e. The highest BCUT2D eigenvalue weighted by Crippen LogP contribution is 2.27. The normalized spacial score (nSPS) is 10.1. The molecule has 0 spiro atoms. The fourth-order valence-corrected chi connectivity index (χ4v) is 1.48. The number of benzene rings is 1. The van der Waals surface area contributed by atoms with Crippen LogP contribution in [0.2, 0.25) is 5.02 Å². The monoisotopic (exact) mass is 234 g/mol. The van der Waals surface area contributed by atoms with Gasteiger partial charge < -0.3 is 10.5 Å². The number of nitrogens with zero attached hydrogens (tertiary/aromatic N) is 1. The zero-order chi connectivity index (χ0) is 11.4. The number of para-hydroxylation sites is 1. The third kappa shape index (κ3) is 2.51. The van der Waals surface area contributed by atoms with Gasteiger partial charge in [-0.15, -0.1) is 0 Å². The average molecular weight is 235 g/mol. The Morgan fingerprint density at radius 2 is 2.00 bits per heavy atom. The van der Waals surface area contributed by atoms with Gasteiger partial charge in [-0.05, 0) is 23.8 Å². The Morgan fingerprint density at radius 1 is 1.25 bits per heavy atom. The van der Waals surface area contributed by atoms with Gasteiger partial charge in [0.15, 0.2) is 0 Å². The Bertz CT molecular complexity index is 474. The Balaban J connectivity index is 2.22. The number of hydrogen-bond acceptors (Lipinski definition) is 3. The lowest BCUT2D eigenvalue weighted by molar-refractivity contribution is 0.463. The van der Waals surface area contributed by atoms with Gasteiger partial charge in [0, 0.05) is 12.7 Å². The van der Waals surface area contributed by atoms with Gasteiger partial charge in [-0.1, -0.05) is 29.8 Å². The number of nitrogens with two attached hydrogens (primary N) is 1. The van der Waals surface area contributed by atoms with Crippen LogP contribution in [0.4, 0.5) is 0 Å². The third-order valence-electron chi connectivity index (χ3n) is 2.06. The van der Waals surface area contributed by atoms with Gasteiger partial charge in [-0.2, -0.15) is 0 Å². The van der Waals surface area contributed by atoms with Crippen LogP contribution in [0, 0.1) is 0 Å². The lowest BCUT2D eigenvalue weighted by Crippen LogP contribution is -1.98. The minimum absolute atomic E-state index is 0.394. The van der Waals surface area contributed by atoms with Crippen LogP contribution in [-0.2, 0) is 6.54 Å². The predicted molar refractivity (Wildman–Crippen MR) is 63.7 cm³/mol. The summed E-state index contributed by atoms with van der Waals surface area (Å²) in [5, 5.41) is 0.465. The minimum atomic E-state index is 0.394. The first kappa shape index (κ1) is 10.9. The van der Waals surface area contributed by atoms with E-state index in [0.717, 1.165) is 5.56 Å². The van der Waals surface area contributed by atoms with E-state index in [2.05, 4.69) is 4.98 Å². The van der Waals surface area contributed by atoms with E-state index >= 15 is 0 Å². The second-order valence-corrected chi connectivity index (χ2v) is 3.66. The largest absolute Gasteiger partial charge is 0.438 e. The van der Waals surface area contributed by atoms with Gasteiger partial charge in [-0.25, -0.2) is 4.98 Å². The number of halogens is 1. The topological polar surface area (TPSA) is 48.1 Å². The zero-order valence-corrected chi connectivity index (χ0v) is 9.32. The Morgan fingerprint density at radius 3 is 2.62 bits per heavy atom. The van der Waals surface area contributed by atoms with Gasteiger partial charge in [0.05, 0.1) is 0 Å². The molecule has 4 heteroatoms.